The molecule has 1 aliphatic rings. The molecule has 0 spiro atoms. The van der Waals surface area contributed by atoms with E-state index in [1.54, 1.807) is 42.2 Å². The van der Waals surface area contributed by atoms with Gasteiger partial charge in [0.2, 0.25) is 5.88 Å². The number of amides is 1. The van der Waals surface area contributed by atoms with Crippen LogP contribution in [0.5, 0.6) is 5.88 Å². The Balaban J connectivity index is 1.49. The minimum Gasteiger partial charge on any atom is -0.475 e. The minimum absolute atomic E-state index is 0.0172. The largest absolute Gasteiger partial charge is 0.475 e. The van der Waals surface area contributed by atoms with Gasteiger partial charge in [0.25, 0.3) is 5.91 Å². The Labute approximate surface area is 173 Å². The van der Waals surface area contributed by atoms with Crippen LogP contribution in [0.2, 0.25) is 0 Å². The summed E-state index contributed by atoms with van der Waals surface area (Å²) < 4.78 is 45.8. The molecule has 158 valence electrons. The number of ether oxygens (including phenoxy) is 1. The van der Waals surface area contributed by atoms with E-state index < -0.39 is 17.9 Å². The van der Waals surface area contributed by atoms with Crippen LogP contribution in [-0.4, -0.2) is 43.8 Å². The molecule has 1 unspecified atom stereocenters. The molecule has 1 atom stereocenters. The highest BCUT2D eigenvalue weighted by molar-refractivity contribution is 5.98. The van der Waals surface area contributed by atoms with Gasteiger partial charge in [-0.25, -0.2) is 15.0 Å². The van der Waals surface area contributed by atoms with E-state index in [4.69, 9.17) is 10.5 Å². The number of aromatic nitrogens is 4. The van der Waals surface area contributed by atoms with Gasteiger partial charge in [-0.1, -0.05) is 0 Å². The number of nitrogen functional groups attached to an aromatic ring is 1. The van der Waals surface area contributed by atoms with Crippen molar-refractivity contribution in [3.8, 4) is 5.88 Å². The number of nitrogens with zero attached hydrogens (tertiary/aromatic N) is 5. The van der Waals surface area contributed by atoms with E-state index in [0.717, 1.165) is 6.07 Å². The zero-order chi connectivity index (χ0) is 21.9. The van der Waals surface area contributed by atoms with Crippen LogP contribution in [0.4, 0.5) is 19.0 Å². The van der Waals surface area contributed by atoms with Crippen LogP contribution in [0.15, 0.2) is 42.9 Å². The van der Waals surface area contributed by atoms with Gasteiger partial charge < -0.3 is 15.4 Å². The number of fused-ring (bicyclic) bond motifs is 4. The summed E-state index contributed by atoms with van der Waals surface area (Å²) in [7, 11) is 1.57. The number of rotatable bonds is 2. The number of hydrogen-bond acceptors (Lipinski definition) is 6. The molecule has 11 heteroatoms. The minimum atomic E-state index is -4.57. The van der Waals surface area contributed by atoms with Crippen LogP contribution in [-0.2, 0) is 6.18 Å². The van der Waals surface area contributed by atoms with E-state index >= 15 is 0 Å². The highest BCUT2D eigenvalue weighted by atomic mass is 19.4. The average Bonchev–Trinajstić information content (AvgIpc) is 3.39. The lowest BCUT2D eigenvalue weighted by atomic mass is 10.1. The normalized spacial score (nSPS) is 15.8. The molecule has 0 fully saturated rings. The number of alkyl halides is 3. The SMILES string of the molecule is CN(C(=O)c1ccc2nc(N)c3cncn3c2c1)C1COc2nc(C(F)(F)F)ccc21. The number of carbonyl (C=O) groups is 1. The van der Waals surface area contributed by atoms with E-state index in [1.807, 2.05) is 0 Å². The first-order valence-electron chi connectivity index (χ1n) is 9.23. The highest BCUT2D eigenvalue weighted by Crippen LogP contribution is 2.38. The molecule has 4 heterocycles. The van der Waals surface area contributed by atoms with Crippen molar-refractivity contribution >= 4 is 28.3 Å². The molecule has 3 aromatic heterocycles. The number of imidazole rings is 1. The number of anilines is 1. The molecular weight excluding hydrogens is 413 g/mol. The van der Waals surface area contributed by atoms with E-state index in [2.05, 4.69) is 15.0 Å². The second kappa shape index (κ2) is 6.56. The molecule has 1 amide bonds. The lowest BCUT2D eigenvalue weighted by Gasteiger charge is -2.23. The first-order chi connectivity index (χ1) is 14.7. The summed E-state index contributed by atoms with van der Waals surface area (Å²) in [6.07, 6.45) is -1.41. The number of carbonyl (C=O) groups excluding carboxylic acids is 1. The fraction of sp³-hybridized carbons (Fsp3) is 0.200. The number of benzene rings is 1. The third-order valence-electron chi connectivity index (χ3n) is 5.33. The Morgan fingerprint density at radius 1 is 1.23 bits per heavy atom. The van der Waals surface area contributed by atoms with E-state index in [0.29, 0.717) is 33.5 Å². The molecule has 5 rings (SSSR count). The molecule has 4 aromatic rings. The molecule has 8 nitrogen and oxygen atoms in total. The van der Waals surface area contributed by atoms with Crippen molar-refractivity contribution in [1.82, 2.24) is 24.3 Å². The summed E-state index contributed by atoms with van der Waals surface area (Å²) in [5.74, 6) is -0.113. The Morgan fingerprint density at radius 3 is 2.81 bits per heavy atom. The van der Waals surface area contributed by atoms with Crippen molar-refractivity contribution in [1.29, 1.82) is 0 Å². The number of pyridine rings is 1. The number of likely N-dealkylation sites (N-methyl/N-ethyl adjacent to an activating group) is 1. The Bertz CT molecular complexity index is 1350. The molecule has 0 saturated heterocycles. The fourth-order valence-corrected chi connectivity index (χ4v) is 3.70. The number of halogens is 3. The van der Waals surface area contributed by atoms with Crippen molar-refractivity contribution in [3.05, 3.63) is 59.7 Å². The molecular formula is C20H15F3N6O2. The van der Waals surface area contributed by atoms with Crippen molar-refractivity contribution in [3.63, 3.8) is 0 Å². The predicted molar refractivity (Wildman–Crippen MR) is 104 cm³/mol. The second-order valence-corrected chi connectivity index (χ2v) is 7.18. The molecule has 0 saturated carbocycles. The summed E-state index contributed by atoms with van der Waals surface area (Å²) >= 11 is 0. The van der Waals surface area contributed by atoms with Crippen LogP contribution in [0.3, 0.4) is 0 Å². The summed E-state index contributed by atoms with van der Waals surface area (Å²) in [5, 5.41) is 0. The Kier molecular flexibility index (Phi) is 4.04. The highest BCUT2D eigenvalue weighted by Gasteiger charge is 2.37. The first-order valence-corrected chi connectivity index (χ1v) is 9.23. The summed E-state index contributed by atoms with van der Waals surface area (Å²) in [6.45, 7) is 0.0172. The van der Waals surface area contributed by atoms with Gasteiger partial charge in [-0.3, -0.25) is 9.20 Å². The van der Waals surface area contributed by atoms with E-state index in [1.165, 1.54) is 11.0 Å². The van der Waals surface area contributed by atoms with Crippen molar-refractivity contribution in [2.75, 3.05) is 19.4 Å². The van der Waals surface area contributed by atoms with Gasteiger partial charge in [-0.15, -0.1) is 0 Å². The van der Waals surface area contributed by atoms with Gasteiger partial charge in [0.1, 0.15) is 23.6 Å². The van der Waals surface area contributed by atoms with Crippen LogP contribution >= 0.6 is 0 Å². The second-order valence-electron chi connectivity index (χ2n) is 7.18. The van der Waals surface area contributed by atoms with Gasteiger partial charge in [0.05, 0.1) is 29.6 Å². The Hall–Kier alpha value is -3.89. The Morgan fingerprint density at radius 2 is 2.03 bits per heavy atom. The van der Waals surface area contributed by atoms with Crippen LogP contribution in [0.25, 0.3) is 16.6 Å². The zero-order valence-corrected chi connectivity index (χ0v) is 16.1. The van der Waals surface area contributed by atoms with Gasteiger partial charge in [-0.05, 0) is 30.3 Å². The maximum absolute atomic E-state index is 13.2. The average molecular weight is 428 g/mol. The molecule has 0 aliphatic carbocycles. The predicted octanol–water partition coefficient (Wildman–Crippen LogP) is 3.08. The summed E-state index contributed by atoms with van der Waals surface area (Å²) in [5.41, 5.74) is 7.58. The molecule has 0 bridgehead atoms. The topological polar surface area (TPSA) is 98.6 Å². The zero-order valence-electron chi connectivity index (χ0n) is 16.1. The fourth-order valence-electron chi connectivity index (χ4n) is 3.70. The molecule has 0 radical (unpaired) electrons. The van der Waals surface area contributed by atoms with Crippen LogP contribution in [0.1, 0.15) is 27.7 Å². The van der Waals surface area contributed by atoms with Crippen LogP contribution in [0, 0.1) is 0 Å². The quantitative estimate of drug-likeness (QED) is 0.527. The van der Waals surface area contributed by atoms with Gasteiger partial charge in [0, 0.05) is 18.2 Å². The van der Waals surface area contributed by atoms with Crippen molar-refractivity contribution < 1.29 is 22.7 Å². The van der Waals surface area contributed by atoms with E-state index in [-0.39, 0.29) is 18.4 Å². The molecule has 1 aromatic carbocycles. The lowest BCUT2D eigenvalue weighted by molar-refractivity contribution is -0.141. The van der Waals surface area contributed by atoms with Gasteiger partial charge in [0.15, 0.2) is 0 Å². The van der Waals surface area contributed by atoms with Crippen LogP contribution < -0.4 is 10.5 Å². The molecule has 1 aliphatic heterocycles. The van der Waals surface area contributed by atoms with Crippen molar-refractivity contribution in [2.45, 2.75) is 12.2 Å². The third kappa shape index (κ3) is 3.00. The monoisotopic (exact) mass is 428 g/mol. The summed E-state index contributed by atoms with van der Waals surface area (Å²) in [4.78, 5) is 26.5. The van der Waals surface area contributed by atoms with Gasteiger partial charge >= 0.3 is 6.18 Å². The molecule has 2 N–H and O–H groups in total. The maximum Gasteiger partial charge on any atom is 0.433 e. The number of nitrogens with two attached hydrogens (primary N) is 1. The maximum atomic E-state index is 13.2. The number of hydrogen-bond donors (Lipinski definition) is 1. The van der Waals surface area contributed by atoms with E-state index in [9.17, 15) is 18.0 Å². The van der Waals surface area contributed by atoms with Gasteiger partial charge in [-0.2, -0.15) is 13.2 Å². The summed E-state index contributed by atoms with van der Waals surface area (Å²) in [6, 6.07) is 6.61. The van der Waals surface area contributed by atoms with Crippen molar-refractivity contribution in [2.24, 2.45) is 0 Å². The third-order valence-corrected chi connectivity index (χ3v) is 5.33. The molecule has 31 heavy (non-hydrogen) atoms. The standard InChI is InChI=1S/C20H15F3N6O2/c1-28(15-8-31-18-11(15)3-5-16(27-18)20(21,22)23)19(30)10-2-4-12-13(6-10)29-9-25-7-14(29)17(24)26-12/h2-7,9,15H,8H2,1H3,(H2,24,26). The first kappa shape index (κ1) is 19.1. The lowest BCUT2D eigenvalue weighted by Crippen LogP contribution is -2.32. The smallest absolute Gasteiger partial charge is 0.433 e.